The van der Waals surface area contributed by atoms with Gasteiger partial charge in [0, 0.05) is 11.9 Å². The largest absolute Gasteiger partial charge is 0.456 e. The first kappa shape index (κ1) is 21.0. The Morgan fingerprint density at radius 1 is 1.00 bits per heavy atom. The predicted molar refractivity (Wildman–Crippen MR) is 122 cm³/mol. The molecule has 32 heavy (non-hydrogen) atoms. The van der Waals surface area contributed by atoms with Gasteiger partial charge in [0.25, 0.3) is 5.56 Å². The Kier molecular flexibility index (Phi) is 6.09. The van der Waals surface area contributed by atoms with Gasteiger partial charge in [0.1, 0.15) is 6.61 Å². The molecule has 0 atom stereocenters. The number of nitriles is 1. The molecule has 158 valence electrons. The van der Waals surface area contributed by atoms with Crippen LogP contribution in [0.1, 0.15) is 35.0 Å². The highest BCUT2D eigenvalue weighted by atomic mass is 16.5. The highest BCUT2D eigenvalue weighted by Gasteiger charge is 2.18. The second kappa shape index (κ2) is 9.27. The van der Waals surface area contributed by atoms with Crippen molar-refractivity contribution in [1.82, 2.24) is 9.78 Å². The molecule has 0 N–H and O–H groups in total. The third kappa shape index (κ3) is 4.14. The number of carbonyl (C=O) groups excluding carboxylic acids is 1. The molecule has 0 aliphatic carbocycles. The summed E-state index contributed by atoms with van der Waals surface area (Å²) in [5, 5.41) is 14.5. The van der Waals surface area contributed by atoms with E-state index < -0.39 is 5.97 Å². The molecule has 1 heterocycles. The van der Waals surface area contributed by atoms with E-state index in [0.717, 1.165) is 23.1 Å². The number of nitrogens with zero attached hydrogens (tertiary/aromatic N) is 3. The van der Waals surface area contributed by atoms with Crippen LogP contribution in [0.15, 0.2) is 77.6 Å². The third-order valence-corrected chi connectivity index (χ3v) is 5.18. The number of esters is 1. The molecule has 0 saturated carbocycles. The van der Waals surface area contributed by atoms with E-state index in [-0.39, 0.29) is 17.9 Å². The Hall–Kier alpha value is -4.24. The van der Waals surface area contributed by atoms with Crippen LogP contribution >= 0.6 is 0 Å². The fourth-order valence-electron chi connectivity index (χ4n) is 3.58. The van der Waals surface area contributed by atoms with E-state index >= 15 is 0 Å². The standard InChI is InChI=1S/C26H21N3O3/c1-2-15-29-25(30)23-10-6-5-9-22(23)24(28-29)26(31)32-17-18-11-13-19(14-12-18)21-8-4-3-7-20(21)16-27/h3-14H,2,15,17H2,1H3. The van der Waals surface area contributed by atoms with Crippen LogP contribution in [0, 0.1) is 11.3 Å². The zero-order chi connectivity index (χ0) is 22.5. The summed E-state index contributed by atoms with van der Waals surface area (Å²) in [5.41, 5.74) is 3.10. The molecule has 0 fully saturated rings. The lowest BCUT2D eigenvalue weighted by molar-refractivity contribution is 0.0465. The van der Waals surface area contributed by atoms with Crippen molar-refractivity contribution in [3.05, 3.63) is 100.0 Å². The Morgan fingerprint density at radius 3 is 2.41 bits per heavy atom. The number of fused-ring (bicyclic) bond motifs is 1. The number of rotatable bonds is 6. The van der Waals surface area contributed by atoms with Crippen LogP contribution in [-0.2, 0) is 17.9 Å². The minimum atomic E-state index is -0.579. The zero-order valence-corrected chi connectivity index (χ0v) is 17.6. The van der Waals surface area contributed by atoms with Gasteiger partial charge in [-0.1, -0.05) is 67.6 Å². The van der Waals surface area contributed by atoms with Crippen molar-refractivity contribution >= 4 is 16.7 Å². The summed E-state index contributed by atoms with van der Waals surface area (Å²) in [5.74, 6) is -0.579. The summed E-state index contributed by atoms with van der Waals surface area (Å²) in [6.45, 7) is 2.44. The predicted octanol–water partition coefficient (Wildman–Crippen LogP) is 4.70. The van der Waals surface area contributed by atoms with Crippen molar-refractivity contribution in [2.75, 3.05) is 0 Å². The van der Waals surface area contributed by atoms with E-state index in [1.54, 1.807) is 30.3 Å². The second-order valence-electron chi connectivity index (χ2n) is 7.35. The van der Waals surface area contributed by atoms with Crippen LogP contribution in [0.2, 0.25) is 0 Å². The number of hydrogen-bond donors (Lipinski definition) is 0. The third-order valence-electron chi connectivity index (χ3n) is 5.18. The van der Waals surface area contributed by atoms with Crippen LogP contribution in [-0.4, -0.2) is 15.7 Å². The molecule has 6 heteroatoms. The summed E-state index contributed by atoms with van der Waals surface area (Å²) in [6, 6.07) is 24.0. The van der Waals surface area contributed by atoms with Crippen molar-refractivity contribution in [2.24, 2.45) is 0 Å². The summed E-state index contributed by atoms with van der Waals surface area (Å²) >= 11 is 0. The molecule has 4 rings (SSSR count). The monoisotopic (exact) mass is 423 g/mol. The number of carbonyl (C=O) groups is 1. The van der Waals surface area contributed by atoms with Crippen LogP contribution in [0.4, 0.5) is 0 Å². The van der Waals surface area contributed by atoms with Crippen molar-refractivity contribution in [1.29, 1.82) is 5.26 Å². The second-order valence-corrected chi connectivity index (χ2v) is 7.35. The average Bonchev–Trinajstić information content (AvgIpc) is 2.84. The lowest BCUT2D eigenvalue weighted by Gasteiger charge is -2.11. The van der Waals surface area contributed by atoms with Gasteiger partial charge in [-0.25, -0.2) is 9.48 Å². The minimum absolute atomic E-state index is 0.0714. The zero-order valence-electron chi connectivity index (χ0n) is 17.6. The molecule has 0 saturated heterocycles. The van der Waals surface area contributed by atoms with E-state index in [1.807, 2.05) is 49.4 Å². The van der Waals surface area contributed by atoms with E-state index in [2.05, 4.69) is 11.2 Å². The van der Waals surface area contributed by atoms with Crippen LogP contribution in [0.25, 0.3) is 21.9 Å². The lowest BCUT2D eigenvalue weighted by atomic mass is 9.99. The van der Waals surface area contributed by atoms with Gasteiger partial charge >= 0.3 is 5.97 Å². The normalized spacial score (nSPS) is 10.6. The molecule has 0 spiro atoms. The van der Waals surface area contributed by atoms with E-state index in [1.165, 1.54) is 4.68 Å². The first-order chi connectivity index (χ1) is 15.6. The summed E-state index contributed by atoms with van der Waals surface area (Å²) in [6.07, 6.45) is 0.723. The molecular weight excluding hydrogens is 402 g/mol. The van der Waals surface area contributed by atoms with Gasteiger partial charge in [-0.3, -0.25) is 4.79 Å². The fraction of sp³-hybridized carbons (Fsp3) is 0.154. The number of ether oxygens (including phenoxy) is 1. The van der Waals surface area contributed by atoms with Gasteiger partial charge in [0.05, 0.1) is 17.0 Å². The van der Waals surface area contributed by atoms with Gasteiger partial charge in [0.15, 0.2) is 5.69 Å². The molecule has 0 aliphatic heterocycles. The molecule has 0 bridgehead atoms. The molecule has 0 amide bonds. The number of aryl methyl sites for hydroxylation is 1. The Bertz CT molecular complexity index is 1380. The van der Waals surface area contributed by atoms with E-state index in [4.69, 9.17) is 4.74 Å². The molecule has 0 unspecified atom stereocenters. The van der Waals surface area contributed by atoms with Gasteiger partial charge in [0.2, 0.25) is 0 Å². The van der Waals surface area contributed by atoms with Gasteiger partial charge in [-0.15, -0.1) is 0 Å². The fourth-order valence-corrected chi connectivity index (χ4v) is 3.58. The molecule has 0 aliphatic rings. The highest BCUT2D eigenvalue weighted by Crippen LogP contribution is 2.24. The van der Waals surface area contributed by atoms with Gasteiger partial charge in [-0.05, 0) is 35.2 Å². The summed E-state index contributed by atoms with van der Waals surface area (Å²) in [7, 11) is 0. The van der Waals surface area contributed by atoms with Gasteiger partial charge < -0.3 is 4.74 Å². The first-order valence-corrected chi connectivity index (χ1v) is 10.4. The number of benzene rings is 3. The Balaban J connectivity index is 1.56. The van der Waals surface area contributed by atoms with Crippen LogP contribution in [0.3, 0.4) is 0 Å². The van der Waals surface area contributed by atoms with Crippen LogP contribution in [0.5, 0.6) is 0 Å². The first-order valence-electron chi connectivity index (χ1n) is 10.4. The highest BCUT2D eigenvalue weighted by molar-refractivity contribution is 6.02. The lowest BCUT2D eigenvalue weighted by Crippen LogP contribution is -2.26. The molecule has 1 aromatic heterocycles. The Morgan fingerprint density at radius 2 is 1.69 bits per heavy atom. The average molecular weight is 423 g/mol. The summed E-state index contributed by atoms with van der Waals surface area (Å²) in [4.78, 5) is 25.4. The molecule has 3 aromatic carbocycles. The topological polar surface area (TPSA) is 85.0 Å². The number of aromatic nitrogens is 2. The number of hydrogen-bond acceptors (Lipinski definition) is 5. The maximum Gasteiger partial charge on any atom is 0.359 e. The minimum Gasteiger partial charge on any atom is -0.456 e. The quantitative estimate of drug-likeness (QED) is 0.420. The molecule has 4 aromatic rings. The van der Waals surface area contributed by atoms with Crippen molar-refractivity contribution in [2.45, 2.75) is 26.5 Å². The summed E-state index contributed by atoms with van der Waals surface area (Å²) < 4.78 is 6.84. The van der Waals surface area contributed by atoms with Gasteiger partial charge in [-0.2, -0.15) is 10.4 Å². The SMILES string of the molecule is CCCn1nc(C(=O)OCc2ccc(-c3ccccc3C#N)cc2)c2ccccc2c1=O. The van der Waals surface area contributed by atoms with Crippen molar-refractivity contribution in [3.8, 4) is 17.2 Å². The van der Waals surface area contributed by atoms with Crippen molar-refractivity contribution in [3.63, 3.8) is 0 Å². The Labute approximate surface area is 185 Å². The maximum atomic E-state index is 12.8. The van der Waals surface area contributed by atoms with Crippen LogP contribution < -0.4 is 5.56 Å². The molecule has 0 radical (unpaired) electrons. The molecule has 6 nitrogen and oxygen atoms in total. The maximum absolute atomic E-state index is 12.8. The van der Waals surface area contributed by atoms with E-state index in [9.17, 15) is 14.9 Å². The smallest absolute Gasteiger partial charge is 0.359 e. The van der Waals surface area contributed by atoms with Crippen molar-refractivity contribution < 1.29 is 9.53 Å². The van der Waals surface area contributed by atoms with E-state index in [0.29, 0.717) is 22.9 Å². The molecular formula is C26H21N3O3.